The lowest BCUT2D eigenvalue weighted by molar-refractivity contribution is -0.133. The molecule has 2 fully saturated rings. The van der Waals surface area contributed by atoms with Gasteiger partial charge >= 0.3 is 0 Å². The molecule has 1 saturated carbocycles. The second kappa shape index (κ2) is 6.90. The normalized spacial score (nSPS) is 28.8. The Morgan fingerprint density at radius 2 is 2.29 bits per heavy atom. The minimum atomic E-state index is -0.652. The van der Waals surface area contributed by atoms with Gasteiger partial charge in [0.15, 0.2) is 0 Å². The van der Waals surface area contributed by atoms with Crippen molar-refractivity contribution >= 4 is 11.8 Å². The first-order valence-electron chi connectivity index (χ1n) is 7.83. The molecule has 6 heteroatoms. The van der Waals surface area contributed by atoms with E-state index in [4.69, 9.17) is 11.0 Å². The van der Waals surface area contributed by atoms with Crippen molar-refractivity contribution in [1.82, 2.24) is 10.2 Å². The standard InChI is InChI=1S/C15H24N4O2/c1-2-3-6-18-14(20)12-8-11(12)13(17)15(21)19-7-4-5-10(19)9-16/h10-13H,2-8,17H2,1H3,(H,18,20)/t10?,11-,12-,13-/m0/s1. The Balaban J connectivity index is 1.82. The van der Waals surface area contributed by atoms with E-state index in [0.717, 1.165) is 25.7 Å². The quantitative estimate of drug-likeness (QED) is 0.691. The number of hydrogen-bond donors (Lipinski definition) is 2. The summed E-state index contributed by atoms with van der Waals surface area (Å²) in [5.74, 6) is -0.370. The lowest BCUT2D eigenvalue weighted by atomic mass is 10.1. The number of likely N-dealkylation sites (tertiary alicyclic amines) is 1. The van der Waals surface area contributed by atoms with E-state index in [-0.39, 0.29) is 29.7 Å². The van der Waals surface area contributed by atoms with Crippen molar-refractivity contribution in [2.24, 2.45) is 17.6 Å². The van der Waals surface area contributed by atoms with Crippen molar-refractivity contribution in [3.63, 3.8) is 0 Å². The summed E-state index contributed by atoms with van der Waals surface area (Å²) in [6, 6.07) is 1.15. The summed E-state index contributed by atoms with van der Waals surface area (Å²) >= 11 is 0. The Hall–Kier alpha value is -1.61. The third-order valence-electron chi connectivity index (χ3n) is 4.44. The predicted octanol–water partition coefficient (Wildman–Crippen LogP) is 0.381. The van der Waals surface area contributed by atoms with Gasteiger partial charge in [-0.3, -0.25) is 9.59 Å². The van der Waals surface area contributed by atoms with Crippen molar-refractivity contribution < 1.29 is 9.59 Å². The molecule has 2 amide bonds. The molecule has 1 heterocycles. The van der Waals surface area contributed by atoms with Gasteiger partial charge in [0, 0.05) is 19.0 Å². The first-order chi connectivity index (χ1) is 10.1. The number of nitrogens with two attached hydrogens (primary N) is 1. The molecule has 1 unspecified atom stereocenters. The molecule has 0 aromatic heterocycles. The predicted molar refractivity (Wildman–Crippen MR) is 77.8 cm³/mol. The number of nitrogens with zero attached hydrogens (tertiary/aromatic N) is 2. The number of nitriles is 1. The van der Waals surface area contributed by atoms with E-state index in [0.29, 0.717) is 19.5 Å². The molecule has 1 aliphatic heterocycles. The van der Waals surface area contributed by atoms with Crippen LogP contribution in [0.25, 0.3) is 0 Å². The first-order valence-corrected chi connectivity index (χ1v) is 7.83. The minimum absolute atomic E-state index is 0.00922. The zero-order valence-corrected chi connectivity index (χ0v) is 12.5. The molecule has 0 bridgehead atoms. The summed E-state index contributed by atoms with van der Waals surface area (Å²) in [6.07, 6.45) is 4.25. The molecule has 116 valence electrons. The van der Waals surface area contributed by atoms with Gasteiger partial charge in [0.2, 0.25) is 11.8 Å². The molecule has 0 aromatic carbocycles. The van der Waals surface area contributed by atoms with Crippen LogP contribution in [-0.2, 0) is 9.59 Å². The SMILES string of the molecule is CCCCNC(=O)[C@H]1C[C@@H]1[C@H](N)C(=O)N1CCCC1C#N. The highest BCUT2D eigenvalue weighted by atomic mass is 16.2. The third-order valence-corrected chi connectivity index (χ3v) is 4.44. The fourth-order valence-corrected chi connectivity index (χ4v) is 2.97. The monoisotopic (exact) mass is 292 g/mol. The molecule has 21 heavy (non-hydrogen) atoms. The van der Waals surface area contributed by atoms with Crippen LogP contribution in [0, 0.1) is 23.2 Å². The third kappa shape index (κ3) is 3.53. The number of rotatable bonds is 6. The van der Waals surface area contributed by atoms with Gasteiger partial charge in [-0.25, -0.2) is 0 Å². The fraction of sp³-hybridized carbons (Fsp3) is 0.800. The highest BCUT2D eigenvalue weighted by Crippen LogP contribution is 2.41. The summed E-state index contributed by atoms with van der Waals surface area (Å²) in [7, 11) is 0. The van der Waals surface area contributed by atoms with E-state index in [1.165, 1.54) is 0 Å². The summed E-state index contributed by atoms with van der Waals surface area (Å²) in [6.45, 7) is 3.36. The number of carbonyl (C=O) groups excluding carboxylic acids is 2. The number of nitrogens with one attached hydrogen (secondary N) is 1. The molecule has 6 nitrogen and oxygen atoms in total. The van der Waals surface area contributed by atoms with E-state index in [9.17, 15) is 9.59 Å². The Labute approximate surface area is 125 Å². The minimum Gasteiger partial charge on any atom is -0.356 e. The molecule has 1 aliphatic carbocycles. The van der Waals surface area contributed by atoms with Crippen molar-refractivity contribution in [3.05, 3.63) is 0 Å². The topological polar surface area (TPSA) is 99.2 Å². The average molecular weight is 292 g/mol. The number of hydrogen-bond acceptors (Lipinski definition) is 4. The van der Waals surface area contributed by atoms with Gasteiger partial charge in [-0.1, -0.05) is 13.3 Å². The summed E-state index contributed by atoms with van der Waals surface area (Å²) in [5.41, 5.74) is 6.02. The number of amides is 2. The molecular weight excluding hydrogens is 268 g/mol. The molecule has 2 rings (SSSR count). The van der Waals surface area contributed by atoms with Gasteiger partial charge in [-0.05, 0) is 31.6 Å². The Morgan fingerprint density at radius 1 is 1.52 bits per heavy atom. The average Bonchev–Trinajstić information content (AvgIpc) is 3.15. The van der Waals surface area contributed by atoms with E-state index in [1.54, 1.807) is 4.90 Å². The maximum Gasteiger partial charge on any atom is 0.240 e. The molecular formula is C15H24N4O2. The second-order valence-corrected chi connectivity index (χ2v) is 6.00. The van der Waals surface area contributed by atoms with Gasteiger partial charge in [0.1, 0.15) is 6.04 Å². The van der Waals surface area contributed by atoms with Gasteiger partial charge < -0.3 is 16.0 Å². The van der Waals surface area contributed by atoms with Crippen LogP contribution in [-0.4, -0.2) is 41.9 Å². The molecule has 0 spiro atoms. The van der Waals surface area contributed by atoms with Gasteiger partial charge in [0.25, 0.3) is 0 Å². The largest absolute Gasteiger partial charge is 0.356 e. The number of unbranched alkanes of at least 4 members (excludes halogenated alkanes) is 1. The van der Waals surface area contributed by atoms with Gasteiger partial charge in [0.05, 0.1) is 12.1 Å². The Kier molecular flexibility index (Phi) is 5.18. The van der Waals surface area contributed by atoms with Crippen LogP contribution in [0.2, 0.25) is 0 Å². The second-order valence-electron chi connectivity index (χ2n) is 6.00. The number of carbonyl (C=O) groups is 2. The van der Waals surface area contributed by atoms with Gasteiger partial charge in [-0.2, -0.15) is 5.26 Å². The van der Waals surface area contributed by atoms with Crippen LogP contribution in [0.4, 0.5) is 0 Å². The van der Waals surface area contributed by atoms with E-state index in [2.05, 4.69) is 18.3 Å². The van der Waals surface area contributed by atoms with E-state index in [1.807, 2.05) is 0 Å². The molecule has 0 aromatic rings. The maximum atomic E-state index is 12.3. The Morgan fingerprint density at radius 3 is 2.95 bits per heavy atom. The molecule has 4 atom stereocenters. The zero-order valence-electron chi connectivity index (χ0n) is 12.5. The molecule has 2 aliphatic rings. The first kappa shape index (κ1) is 15.8. The molecule has 0 radical (unpaired) electrons. The van der Waals surface area contributed by atoms with E-state index >= 15 is 0 Å². The molecule has 3 N–H and O–H groups in total. The zero-order chi connectivity index (χ0) is 15.4. The maximum absolute atomic E-state index is 12.3. The Bertz CT molecular complexity index is 445. The van der Waals surface area contributed by atoms with Crippen molar-refractivity contribution in [2.75, 3.05) is 13.1 Å². The fourth-order valence-electron chi connectivity index (χ4n) is 2.97. The highest BCUT2D eigenvalue weighted by molar-refractivity contribution is 5.87. The van der Waals surface area contributed by atoms with Crippen molar-refractivity contribution in [2.45, 2.75) is 51.1 Å². The lowest BCUT2D eigenvalue weighted by Crippen LogP contribution is -2.47. The highest BCUT2D eigenvalue weighted by Gasteiger charge is 2.50. The summed E-state index contributed by atoms with van der Waals surface area (Å²) < 4.78 is 0. The van der Waals surface area contributed by atoms with Crippen molar-refractivity contribution in [1.29, 1.82) is 5.26 Å². The van der Waals surface area contributed by atoms with Crippen LogP contribution in [0.5, 0.6) is 0 Å². The van der Waals surface area contributed by atoms with Crippen LogP contribution < -0.4 is 11.1 Å². The smallest absolute Gasteiger partial charge is 0.240 e. The summed E-state index contributed by atoms with van der Waals surface area (Å²) in [5, 5.41) is 11.9. The van der Waals surface area contributed by atoms with Crippen LogP contribution in [0.15, 0.2) is 0 Å². The van der Waals surface area contributed by atoms with Gasteiger partial charge in [-0.15, -0.1) is 0 Å². The summed E-state index contributed by atoms with van der Waals surface area (Å²) in [4.78, 5) is 25.8. The van der Waals surface area contributed by atoms with E-state index < -0.39 is 6.04 Å². The van der Waals surface area contributed by atoms with Crippen LogP contribution >= 0.6 is 0 Å². The van der Waals surface area contributed by atoms with Crippen LogP contribution in [0.3, 0.4) is 0 Å². The lowest BCUT2D eigenvalue weighted by Gasteiger charge is -2.23. The molecule has 1 saturated heterocycles. The van der Waals surface area contributed by atoms with Crippen molar-refractivity contribution in [3.8, 4) is 6.07 Å². The van der Waals surface area contributed by atoms with Crippen LogP contribution in [0.1, 0.15) is 39.0 Å².